The number of rotatable bonds is 5. The molecule has 1 amide bonds. The second-order valence-electron chi connectivity index (χ2n) is 3.38. The van der Waals surface area contributed by atoms with Crippen molar-refractivity contribution in [3.05, 3.63) is 23.4 Å². The fourth-order valence-electron chi connectivity index (χ4n) is 1.49. The fraction of sp³-hybridized carbons (Fsp3) is 0.400. The van der Waals surface area contributed by atoms with Crippen molar-refractivity contribution in [1.82, 2.24) is 9.78 Å². The zero-order valence-electron chi connectivity index (χ0n) is 9.53. The zero-order valence-corrected chi connectivity index (χ0v) is 9.53. The van der Waals surface area contributed by atoms with E-state index in [2.05, 4.69) is 10.4 Å². The first-order valence-corrected chi connectivity index (χ1v) is 5.00. The van der Waals surface area contributed by atoms with E-state index in [1.807, 2.05) is 12.2 Å². The van der Waals surface area contributed by atoms with Crippen LogP contribution in [0.5, 0.6) is 0 Å². The Bertz CT molecular complexity index is 408. The molecule has 0 radical (unpaired) electrons. The van der Waals surface area contributed by atoms with Gasteiger partial charge in [-0.1, -0.05) is 12.2 Å². The van der Waals surface area contributed by atoms with E-state index < -0.39 is 5.91 Å². The van der Waals surface area contributed by atoms with Crippen molar-refractivity contribution in [3.63, 3.8) is 0 Å². The molecule has 6 nitrogen and oxygen atoms in total. The number of nitrogens with two attached hydrogens (primary N) is 2. The van der Waals surface area contributed by atoms with Crippen LogP contribution in [0, 0.1) is 6.92 Å². The molecule has 1 aromatic rings. The molecule has 0 fully saturated rings. The molecule has 1 heterocycles. The van der Waals surface area contributed by atoms with Gasteiger partial charge in [-0.05, 0) is 6.92 Å². The maximum absolute atomic E-state index is 11.2. The van der Waals surface area contributed by atoms with Crippen molar-refractivity contribution < 1.29 is 4.79 Å². The molecule has 1 aromatic heterocycles. The molecule has 0 aliphatic carbocycles. The zero-order chi connectivity index (χ0) is 12.1. The van der Waals surface area contributed by atoms with Gasteiger partial charge in [0.15, 0.2) is 0 Å². The Balaban J connectivity index is 2.86. The van der Waals surface area contributed by atoms with Gasteiger partial charge >= 0.3 is 0 Å². The van der Waals surface area contributed by atoms with Gasteiger partial charge in [0.05, 0.1) is 5.69 Å². The van der Waals surface area contributed by atoms with Crippen LogP contribution < -0.4 is 16.8 Å². The summed E-state index contributed by atoms with van der Waals surface area (Å²) in [4.78, 5) is 11.2. The predicted molar refractivity (Wildman–Crippen MR) is 63.1 cm³/mol. The van der Waals surface area contributed by atoms with Crippen LogP contribution in [0.2, 0.25) is 0 Å². The van der Waals surface area contributed by atoms with Gasteiger partial charge in [0.2, 0.25) is 0 Å². The Morgan fingerprint density at radius 1 is 1.56 bits per heavy atom. The van der Waals surface area contributed by atoms with Gasteiger partial charge in [0, 0.05) is 20.1 Å². The summed E-state index contributed by atoms with van der Waals surface area (Å²) < 4.78 is 1.60. The monoisotopic (exact) mass is 223 g/mol. The van der Waals surface area contributed by atoms with Gasteiger partial charge in [0.25, 0.3) is 5.91 Å². The first-order chi connectivity index (χ1) is 7.57. The first-order valence-electron chi connectivity index (χ1n) is 5.00. The highest BCUT2D eigenvalue weighted by Gasteiger charge is 2.16. The molecule has 0 aliphatic heterocycles. The molecule has 0 aromatic carbocycles. The maximum atomic E-state index is 11.2. The van der Waals surface area contributed by atoms with E-state index in [0.717, 1.165) is 0 Å². The van der Waals surface area contributed by atoms with E-state index in [-0.39, 0.29) is 0 Å². The molecule has 5 N–H and O–H groups in total. The highest BCUT2D eigenvalue weighted by atomic mass is 16.1. The van der Waals surface area contributed by atoms with Crippen molar-refractivity contribution in [2.75, 3.05) is 18.4 Å². The highest BCUT2D eigenvalue weighted by Crippen LogP contribution is 2.17. The number of amides is 1. The van der Waals surface area contributed by atoms with E-state index in [4.69, 9.17) is 11.5 Å². The van der Waals surface area contributed by atoms with Crippen LogP contribution in [0.4, 0.5) is 5.82 Å². The topological polar surface area (TPSA) is 99.0 Å². The van der Waals surface area contributed by atoms with Crippen LogP contribution in [0.3, 0.4) is 0 Å². The second kappa shape index (κ2) is 5.32. The summed E-state index contributed by atoms with van der Waals surface area (Å²) in [5.74, 6) is 0.155. The number of primary amides is 1. The normalized spacial score (nSPS) is 10.9. The summed E-state index contributed by atoms with van der Waals surface area (Å²) in [6.45, 7) is 2.83. The lowest BCUT2D eigenvalue weighted by atomic mass is 10.2. The van der Waals surface area contributed by atoms with Crippen LogP contribution in [0.25, 0.3) is 0 Å². The Hall–Kier alpha value is -1.82. The number of aryl methyl sites for hydroxylation is 2. The number of nitrogens with one attached hydrogen (secondary N) is 1. The van der Waals surface area contributed by atoms with Gasteiger partial charge in [-0.2, -0.15) is 5.10 Å². The largest absolute Gasteiger partial charge is 0.366 e. The molecular formula is C10H17N5O. The molecule has 0 atom stereocenters. The van der Waals surface area contributed by atoms with E-state index in [1.54, 1.807) is 18.7 Å². The first kappa shape index (κ1) is 12.3. The van der Waals surface area contributed by atoms with Crippen molar-refractivity contribution in [1.29, 1.82) is 0 Å². The van der Waals surface area contributed by atoms with Crippen LogP contribution in [-0.2, 0) is 7.05 Å². The third kappa shape index (κ3) is 2.60. The summed E-state index contributed by atoms with van der Waals surface area (Å²) in [5.41, 5.74) is 11.7. The van der Waals surface area contributed by atoms with Crippen molar-refractivity contribution in [2.45, 2.75) is 6.92 Å². The molecule has 88 valence electrons. The summed E-state index contributed by atoms with van der Waals surface area (Å²) in [6, 6.07) is 0. The quantitative estimate of drug-likeness (QED) is 0.599. The molecule has 0 saturated heterocycles. The van der Waals surface area contributed by atoms with E-state index in [9.17, 15) is 4.79 Å². The molecule has 0 saturated carbocycles. The van der Waals surface area contributed by atoms with Crippen molar-refractivity contribution in [2.24, 2.45) is 18.5 Å². The molecular weight excluding hydrogens is 206 g/mol. The lowest BCUT2D eigenvalue weighted by Gasteiger charge is -2.05. The van der Waals surface area contributed by atoms with E-state index in [1.165, 1.54) is 0 Å². The summed E-state index contributed by atoms with van der Waals surface area (Å²) in [7, 11) is 1.76. The highest BCUT2D eigenvalue weighted by molar-refractivity contribution is 5.98. The predicted octanol–water partition coefficient (Wildman–Crippen LogP) is -0.246. The summed E-state index contributed by atoms with van der Waals surface area (Å²) in [5, 5.41) is 7.21. The standard InChI is InChI=1S/C10H17N5O/c1-7-8(9(12)16)10(15(2)14-7)13-6-4-3-5-11/h3-4,13H,5-6,11H2,1-2H3,(H2,12,16)/b4-3+. The Kier molecular flexibility index (Phi) is 4.07. The fourth-order valence-corrected chi connectivity index (χ4v) is 1.49. The van der Waals surface area contributed by atoms with Crippen LogP contribution in [0.15, 0.2) is 12.2 Å². The SMILES string of the molecule is Cc1nn(C)c(NC/C=C/CN)c1C(N)=O. The minimum atomic E-state index is -0.476. The van der Waals surface area contributed by atoms with Crippen LogP contribution in [-0.4, -0.2) is 28.8 Å². The van der Waals surface area contributed by atoms with Gasteiger partial charge in [-0.3, -0.25) is 9.48 Å². The number of hydrogen-bond donors (Lipinski definition) is 3. The molecule has 6 heteroatoms. The second-order valence-corrected chi connectivity index (χ2v) is 3.38. The molecule has 0 bridgehead atoms. The van der Waals surface area contributed by atoms with Crippen molar-refractivity contribution >= 4 is 11.7 Å². The molecule has 16 heavy (non-hydrogen) atoms. The molecule has 0 aliphatic rings. The third-order valence-corrected chi connectivity index (χ3v) is 2.16. The van der Waals surface area contributed by atoms with Crippen molar-refractivity contribution in [3.8, 4) is 0 Å². The summed E-state index contributed by atoms with van der Waals surface area (Å²) in [6.07, 6.45) is 3.72. The molecule has 0 unspecified atom stereocenters. The van der Waals surface area contributed by atoms with Gasteiger partial charge in [0.1, 0.15) is 11.4 Å². The van der Waals surface area contributed by atoms with Gasteiger partial charge in [-0.15, -0.1) is 0 Å². The van der Waals surface area contributed by atoms with E-state index in [0.29, 0.717) is 30.2 Å². The number of hydrogen-bond acceptors (Lipinski definition) is 4. The Labute approximate surface area is 94.3 Å². The van der Waals surface area contributed by atoms with E-state index >= 15 is 0 Å². The smallest absolute Gasteiger partial charge is 0.254 e. The number of anilines is 1. The third-order valence-electron chi connectivity index (χ3n) is 2.16. The minimum Gasteiger partial charge on any atom is -0.366 e. The lowest BCUT2D eigenvalue weighted by Crippen LogP contribution is -2.15. The molecule has 1 rings (SSSR count). The number of carbonyl (C=O) groups excluding carboxylic acids is 1. The average Bonchev–Trinajstić information content (AvgIpc) is 2.48. The summed E-state index contributed by atoms with van der Waals surface area (Å²) >= 11 is 0. The van der Waals surface area contributed by atoms with Gasteiger partial charge in [-0.25, -0.2) is 0 Å². The van der Waals surface area contributed by atoms with Gasteiger partial charge < -0.3 is 16.8 Å². The van der Waals surface area contributed by atoms with Crippen LogP contribution >= 0.6 is 0 Å². The van der Waals surface area contributed by atoms with Crippen LogP contribution in [0.1, 0.15) is 16.1 Å². The number of aromatic nitrogens is 2. The molecule has 0 spiro atoms. The minimum absolute atomic E-state index is 0.434. The maximum Gasteiger partial charge on any atom is 0.254 e. The average molecular weight is 223 g/mol. The number of nitrogens with zero attached hydrogens (tertiary/aromatic N) is 2. The Morgan fingerprint density at radius 2 is 2.25 bits per heavy atom. The lowest BCUT2D eigenvalue weighted by molar-refractivity contribution is 0.100. The number of carbonyl (C=O) groups is 1. The Morgan fingerprint density at radius 3 is 2.81 bits per heavy atom.